The van der Waals surface area contributed by atoms with E-state index < -0.39 is 0 Å². The SMILES string of the molecule is Cc1oc(-c2ccccc2)c(C(=O)N(C)c2nncs2)c1C. The molecule has 0 spiro atoms. The van der Waals surface area contributed by atoms with Crippen molar-refractivity contribution in [1.82, 2.24) is 10.2 Å². The maximum Gasteiger partial charge on any atom is 0.264 e. The first-order valence-corrected chi connectivity index (χ1v) is 7.67. The minimum atomic E-state index is -0.148. The second-order valence-corrected chi connectivity index (χ2v) is 5.75. The summed E-state index contributed by atoms with van der Waals surface area (Å²) in [7, 11) is 1.69. The van der Waals surface area contributed by atoms with Gasteiger partial charge in [-0.25, -0.2) is 0 Å². The van der Waals surface area contributed by atoms with E-state index in [1.54, 1.807) is 12.6 Å². The molecule has 0 fully saturated rings. The highest BCUT2D eigenvalue weighted by molar-refractivity contribution is 7.13. The molecule has 2 aromatic heterocycles. The largest absolute Gasteiger partial charge is 0.460 e. The molecular formula is C16H15N3O2S. The monoisotopic (exact) mass is 313 g/mol. The van der Waals surface area contributed by atoms with Crippen molar-refractivity contribution in [2.75, 3.05) is 11.9 Å². The third-order valence-corrected chi connectivity index (χ3v) is 4.34. The van der Waals surface area contributed by atoms with Gasteiger partial charge in [-0.15, -0.1) is 10.2 Å². The normalized spacial score (nSPS) is 10.7. The predicted octanol–water partition coefficient (Wildman–Crippen LogP) is 3.69. The summed E-state index contributed by atoms with van der Waals surface area (Å²) in [5.41, 5.74) is 3.90. The van der Waals surface area contributed by atoms with Crippen molar-refractivity contribution in [2.24, 2.45) is 0 Å². The summed E-state index contributed by atoms with van der Waals surface area (Å²) in [6, 6.07) is 9.64. The summed E-state index contributed by atoms with van der Waals surface area (Å²) in [4.78, 5) is 14.4. The smallest absolute Gasteiger partial charge is 0.264 e. The third kappa shape index (κ3) is 2.42. The lowest BCUT2D eigenvalue weighted by molar-refractivity contribution is 0.0992. The van der Waals surface area contributed by atoms with Crippen molar-refractivity contribution in [3.05, 3.63) is 52.7 Å². The molecule has 1 amide bonds. The first-order chi connectivity index (χ1) is 10.6. The Kier molecular flexibility index (Phi) is 3.77. The van der Waals surface area contributed by atoms with E-state index in [0.29, 0.717) is 16.5 Å². The molecule has 0 aliphatic heterocycles. The summed E-state index contributed by atoms with van der Waals surface area (Å²) < 4.78 is 5.84. The molecule has 2 heterocycles. The van der Waals surface area contributed by atoms with Crippen LogP contribution in [0.1, 0.15) is 21.7 Å². The van der Waals surface area contributed by atoms with E-state index in [-0.39, 0.29) is 5.91 Å². The van der Waals surface area contributed by atoms with Gasteiger partial charge in [-0.2, -0.15) is 0 Å². The van der Waals surface area contributed by atoms with Crippen LogP contribution in [0.25, 0.3) is 11.3 Å². The van der Waals surface area contributed by atoms with Crippen LogP contribution in [0.2, 0.25) is 0 Å². The van der Waals surface area contributed by atoms with Gasteiger partial charge in [0.2, 0.25) is 5.13 Å². The fourth-order valence-electron chi connectivity index (χ4n) is 2.25. The molecule has 0 aliphatic rings. The molecule has 0 saturated heterocycles. The van der Waals surface area contributed by atoms with Gasteiger partial charge >= 0.3 is 0 Å². The molecule has 0 N–H and O–H groups in total. The number of hydrogen-bond donors (Lipinski definition) is 0. The molecule has 0 bridgehead atoms. The van der Waals surface area contributed by atoms with Gasteiger partial charge in [0, 0.05) is 18.2 Å². The second kappa shape index (κ2) is 5.73. The Morgan fingerprint density at radius 1 is 1.23 bits per heavy atom. The van der Waals surface area contributed by atoms with Crippen molar-refractivity contribution in [2.45, 2.75) is 13.8 Å². The number of aromatic nitrogens is 2. The van der Waals surface area contributed by atoms with Gasteiger partial charge in [0.25, 0.3) is 5.91 Å². The number of amides is 1. The van der Waals surface area contributed by atoms with Crippen LogP contribution >= 0.6 is 11.3 Å². The molecule has 3 aromatic rings. The highest BCUT2D eigenvalue weighted by Gasteiger charge is 2.26. The van der Waals surface area contributed by atoms with Gasteiger partial charge in [0.15, 0.2) is 0 Å². The zero-order chi connectivity index (χ0) is 15.7. The lowest BCUT2D eigenvalue weighted by Crippen LogP contribution is -2.26. The number of nitrogens with zero attached hydrogens (tertiary/aromatic N) is 3. The molecule has 3 rings (SSSR count). The van der Waals surface area contributed by atoms with Crippen molar-refractivity contribution < 1.29 is 9.21 Å². The van der Waals surface area contributed by atoms with E-state index in [0.717, 1.165) is 16.9 Å². The Hall–Kier alpha value is -2.47. The van der Waals surface area contributed by atoms with Crippen molar-refractivity contribution in [1.29, 1.82) is 0 Å². The molecule has 1 aromatic carbocycles. The molecule has 112 valence electrons. The van der Waals surface area contributed by atoms with Gasteiger partial charge in [-0.3, -0.25) is 9.69 Å². The lowest BCUT2D eigenvalue weighted by Gasteiger charge is -2.13. The van der Waals surface area contributed by atoms with Crippen LogP contribution in [-0.2, 0) is 0 Å². The fraction of sp³-hybridized carbons (Fsp3) is 0.188. The van der Waals surface area contributed by atoms with E-state index in [9.17, 15) is 4.79 Å². The highest BCUT2D eigenvalue weighted by Crippen LogP contribution is 2.32. The van der Waals surface area contributed by atoms with Gasteiger partial charge in [-0.05, 0) is 13.8 Å². The quantitative estimate of drug-likeness (QED) is 0.740. The average Bonchev–Trinajstić information content (AvgIpc) is 3.16. The second-order valence-electron chi connectivity index (χ2n) is 4.94. The van der Waals surface area contributed by atoms with Crippen LogP contribution in [0.3, 0.4) is 0 Å². The predicted molar refractivity (Wildman–Crippen MR) is 86.3 cm³/mol. The Morgan fingerprint density at radius 2 is 1.95 bits per heavy atom. The molecule has 0 radical (unpaired) electrons. The summed E-state index contributed by atoms with van der Waals surface area (Å²) in [5.74, 6) is 1.19. The van der Waals surface area contributed by atoms with Crippen LogP contribution in [0.15, 0.2) is 40.3 Å². The minimum Gasteiger partial charge on any atom is -0.460 e. The van der Waals surface area contributed by atoms with E-state index in [4.69, 9.17) is 4.42 Å². The topological polar surface area (TPSA) is 59.2 Å². The van der Waals surface area contributed by atoms with Gasteiger partial charge in [0.1, 0.15) is 17.0 Å². The molecular weight excluding hydrogens is 298 g/mol. The number of anilines is 1. The van der Waals surface area contributed by atoms with Crippen LogP contribution < -0.4 is 4.90 Å². The van der Waals surface area contributed by atoms with Gasteiger partial charge in [-0.1, -0.05) is 41.7 Å². The van der Waals surface area contributed by atoms with E-state index >= 15 is 0 Å². The maximum absolute atomic E-state index is 12.9. The average molecular weight is 313 g/mol. The Balaban J connectivity index is 2.09. The number of aryl methyl sites for hydroxylation is 1. The molecule has 5 nitrogen and oxygen atoms in total. The minimum absolute atomic E-state index is 0.148. The standard InChI is InChI=1S/C16H15N3O2S/c1-10-11(2)21-14(12-7-5-4-6-8-12)13(10)15(20)19(3)16-18-17-9-22-16/h4-9H,1-3H3. The Labute approximate surface area is 132 Å². The van der Waals surface area contributed by atoms with Crippen molar-refractivity contribution >= 4 is 22.4 Å². The number of benzene rings is 1. The maximum atomic E-state index is 12.9. The first-order valence-electron chi connectivity index (χ1n) is 6.79. The summed E-state index contributed by atoms with van der Waals surface area (Å²) in [6.45, 7) is 3.76. The molecule has 0 saturated carbocycles. The van der Waals surface area contributed by atoms with Gasteiger partial charge in [0.05, 0.1) is 5.56 Å². The first kappa shape index (κ1) is 14.5. The lowest BCUT2D eigenvalue weighted by atomic mass is 10.0. The van der Waals surface area contributed by atoms with E-state index in [1.807, 2.05) is 44.2 Å². The Bertz CT molecular complexity index is 794. The Morgan fingerprint density at radius 3 is 2.59 bits per heavy atom. The number of carbonyl (C=O) groups excluding carboxylic acids is 1. The molecule has 6 heteroatoms. The van der Waals surface area contributed by atoms with Crippen LogP contribution in [0.4, 0.5) is 5.13 Å². The molecule has 0 unspecified atom stereocenters. The number of furan rings is 1. The fourth-order valence-corrected chi connectivity index (χ4v) is 2.77. The molecule has 22 heavy (non-hydrogen) atoms. The molecule has 0 atom stereocenters. The zero-order valence-corrected chi connectivity index (χ0v) is 13.3. The number of hydrogen-bond acceptors (Lipinski definition) is 5. The summed E-state index contributed by atoms with van der Waals surface area (Å²) >= 11 is 1.32. The van der Waals surface area contributed by atoms with Crippen molar-refractivity contribution in [3.63, 3.8) is 0 Å². The van der Waals surface area contributed by atoms with Gasteiger partial charge < -0.3 is 4.42 Å². The third-order valence-electron chi connectivity index (χ3n) is 3.58. The zero-order valence-electron chi connectivity index (χ0n) is 12.5. The summed E-state index contributed by atoms with van der Waals surface area (Å²) in [5, 5.41) is 8.28. The summed E-state index contributed by atoms with van der Waals surface area (Å²) in [6.07, 6.45) is 0. The van der Waals surface area contributed by atoms with Crippen LogP contribution in [0, 0.1) is 13.8 Å². The van der Waals surface area contributed by atoms with Crippen LogP contribution in [-0.4, -0.2) is 23.2 Å². The van der Waals surface area contributed by atoms with Crippen LogP contribution in [0.5, 0.6) is 0 Å². The van der Waals surface area contributed by atoms with Crippen molar-refractivity contribution in [3.8, 4) is 11.3 Å². The number of carbonyl (C=O) groups is 1. The number of rotatable bonds is 3. The van der Waals surface area contributed by atoms with E-state index in [1.165, 1.54) is 16.2 Å². The molecule has 0 aliphatic carbocycles. The van der Waals surface area contributed by atoms with E-state index in [2.05, 4.69) is 10.2 Å². The highest BCUT2D eigenvalue weighted by atomic mass is 32.1.